The second-order valence-corrected chi connectivity index (χ2v) is 6.18. The van der Waals surface area contributed by atoms with Crippen LogP contribution in [0.15, 0.2) is 24.3 Å². The maximum Gasteiger partial charge on any atom is 0.0509 e. The molecule has 1 saturated carbocycles. The molecule has 0 aromatic heterocycles. The topological polar surface area (TPSA) is 21.3 Å². The molecular formula is C18H29NO. The van der Waals surface area contributed by atoms with Crippen molar-refractivity contribution in [3.05, 3.63) is 35.4 Å². The van der Waals surface area contributed by atoms with Crippen molar-refractivity contribution in [2.24, 2.45) is 11.8 Å². The van der Waals surface area contributed by atoms with Crippen LogP contribution in [0.1, 0.15) is 37.3 Å². The summed E-state index contributed by atoms with van der Waals surface area (Å²) in [5, 5.41) is 3.55. The average Bonchev–Trinajstić information content (AvgIpc) is 3.25. The van der Waals surface area contributed by atoms with Gasteiger partial charge < -0.3 is 10.1 Å². The second-order valence-electron chi connectivity index (χ2n) is 6.18. The van der Waals surface area contributed by atoms with Gasteiger partial charge >= 0.3 is 0 Å². The molecule has 2 nitrogen and oxygen atoms in total. The molecule has 2 heteroatoms. The smallest absolute Gasteiger partial charge is 0.0509 e. The van der Waals surface area contributed by atoms with Crippen molar-refractivity contribution in [1.82, 2.24) is 5.32 Å². The molecule has 1 aromatic carbocycles. The minimum absolute atomic E-state index is 0.585. The highest BCUT2D eigenvalue weighted by atomic mass is 16.5. The number of benzene rings is 1. The Balaban J connectivity index is 1.81. The van der Waals surface area contributed by atoms with Crippen LogP contribution in [0.4, 0.5) is 0 Å². The van der Waals surface area contributed by atoms with E-state index in [-0.39, 0.29) is 0 Å². The quantitative estimate of drug-likeness (QED) is 0.659. The van der Waals surface area contributed by atoms with Gasteiger partial charge in [0, 0.05) is 13.2 Å². The molecule has 1 aliphatic carbocycles. The molecule has 0 amide bonds. The molecule has 1 aromatic rings. The zero-order chi connectivity index (χ0) is 14.2. The lowest BCUT2D eigenvalue weighted by Crippen LogP contribution is -2.28. The molecule has 20 heavy (non-hydrogen) atoms. The molecule has 1 fully saturated rings. The Hall–Kier alpha value is -0.860. The number of aryl methyl sites for hydroxylation is 1. The van der Waals surface area contributed by atoms with Crippen molar-refractivity contribution in [2.45, 2.75) is 39.5 Å². The summed E-state index contributed by atoms with van der Waals surface area (Å²) in [6.07, 6.45) is 5.06. The molecule has 1 unspecified atom stereocenters. The lowest BCUT2D eigenvalue weighted by molar-refractivity contribution is 0.0907. The van der Waals surface area contributed by atoms with Gasteiger partial charge in [-0.25, -0.2) is 0 Å². The third-order valence-electron chi connectivity index (χ3n) is 4.03. The lowest BCUT2D eigenvalue weighted by Gasteiger charge is -2.19. The zero-order valence-electron chi connectivity index (χ0n) is 13.0. The van der Waals surface area contributed by atoms with Gasteiger partial charge in [0.05, 0.1) is 6.61 Å². The van der Waals surface area contributed by atoms with Crippen LogP contribution in [-0.4, -0.2) is 26.3 Å². The zero-order valence-corrected chi connectivity index (χ0v) is 13.0. The monoisotopic (exact) mass is 275 g/mol. The normalized spacial score (nSPS) is 16.3. The maximum atomic E-state index is 5.92. The van der Waals surface area contributed by atoms with Crippen LogP contribution in [0.25, 0.3) is 0 Å². The fourth-order valence-electron chi connectivity index (χ4n) is 2.51. The third-order valence-corrected chi connectivity index (χ3v) is 4.03. The first-order valence-corrected chi connectivity index (χ1v) is 8.12. The molecule has 0 spiro atoms. The number of hydrogen-bond donors (Lipinski definition) is 1. The maximum absolute atomic E-state index is 5.92. The molecule has 112 valence electrons. The van der Waals surface area contributed by atoms with Gasteiger partial charge in [0.1, 0.15) is 0 Å². The van der Waals surface area contributed by atoms with Gasteiger partial charge in [-0.2, -0.15) is 0 Å². The van der Waals surface area contributed by atoms with Crippen molar-refractivity contribution < 1.29 is 4.74 Å². The van der Waals surface area contributed by atoms with Gasteiger partial charge in [0.25, 0.3) is 0 Å². The van der Waals surface area contributed by atoms with Crippen molar-refractivity contribution >= 4 is 0 Å². The fourth-order valence-corrected chi connectivity index (χ4v) is 2.51. The van der Waals surface area contributed by atoms with E-state index >= 15 is 0 Å². The highest BCUT2D eigenvalue weighted by Gasteiger charge is 2.22. The standard InChI is InChI=1S/C18H29NO/c1-3-10-19-12-17(14-20-13-16-8-9-16)11-18-7-5-4-6-15(18)2/h4-7,16-17,19H,3,8-14H2,1-2H3. The molecule has 1 aliphatic rings. The van der Waals surface area contributed by atoms with Crippen LogP contribution >= 0.6 is 0 Å². The van der Waals surface area contributed by atoms with E-state index in [1.807, 2.05) is 0 Å². The van der Waals surface area contributed by atoms with E-state index in [2.05, 4.69) is 43.4 Å². The average molecular weight is 275 g/mol. The van der Waals surface area contributed by atoms with Crippen molar-refractivity contribution in [3.63, 3.8) is 0 Å². The first kappa shape index (κ1) is 15.5. The van der Waals surface area contributed by atoms with Gasteiger partial charge in [-0.3, -0.25) is 0 Å². The molecule has 0 saturated heterocycles. The van der Waals surface area contributed by atoms with E-state index in [0.29, 0.717) is 5.92 Å². The largest absolute Gasteiger partial charge is 0.381 e. The second kappa shape index (κ2) is 8.43. The summed E-state index contributed by atoms with van der Waals surface area (Å²) in [5.74, 6) is 1.44. The van der Waals surface area contributed by atoms with E-state index in [0.717, 1.165) is 38.6 Å². The van der Waals surface area contributed by atoms with Crippen molar-refractivity contribution in [3.8, 4) is 0 Å². The van der Waals surface area contributed by atoms with E-state index in [1.165, 1.54) is 30.4 Å². The van der Waals surface area contributed by atoms with Crippen molar-refractivity contribution in [1.29, 1.82) is 0 Å². The van der Waals surface area contributed by atoms with Crippen LogP contribution in [0, 0.1) is 18.8 Å². The van der Waals surface area contributed by atoms with Crippen LogP contribution in [0.3, 0.4) is 0 Å². The molecule has 1 atom stereocenters. The van der Waals surface area contributed by atoms with Crippen LogP contribution < -0.4 is 5.32 Å². The summed E-state index contributed by atoms with van der Waals surface area (Å²) in [7, 11) is 0. The minimum Gasteiger partial charge on any atom is -0.381 e. The lowest BCUT2D eigenvalue weighted by atomic mass is 9.96. The minimum atomic E-state index is 0.585. The summed E-state index contributed by atoms with van der Waals surface area (Å²) in [6.45, 7) is 8.45. The summed E-state index contributed by atoms with van der Waals surface area (Å²) in [5.41, 5.74) is 2.86. The Bertz CT molecular complexity index is 387. The molecular weight excluding hydrogens is 246 g/mol. The van der Waals surface area contributed by atoms with E-state index in [1.54, 1.807) is 0 Å². The fraction of sp³-hybridized carbons (Fsp3) is 0.667. The van der Waals surface area contributed by atoms with Gasteiger partial charge in [0.2, 0.25) is 0 Å². The van der Waals surface area contributed by atoms with Gasteiger partial charge in [0.15, 0.2) is 0 Å². The van der Waals surface area contributed by atoms with E-state index in [4.69, 9.17) is 4.74 Å². The summed E-state index contributed by atoms with van der Waals surface area (Å²) in [6, 6.07) is 8.72. The Kier molecular flexibility index (Phi) is 6.55. The first-order valence-electron chi connectivity index (χ1n) is 8.12. The Labute approximate surface area is 123 Å². The molecule has 0 radical (unpaired) electrons. The Morgan fingerprint density at radius 1 is 1.30 bits per heavy atom. The predicted molar refractivity (Wildman–Crippen MR) is 85.1 cm³/mol. The molecule has 0 bridgehead atoms. The molecule has 0 heterocycles. The highest BCUT2D eigenvalue weighted by Crippen LogP contribution is 2.29. The summed E-state index contributed by atoms with van der Waals surface area (Å²) >= 11 is 0. The Morgan fingerprint density at radius 3 is 2.80 bits per heavy atom. The Morgan fingerprint density at radius 2 is 2.10 bits per heavy atom. The third kappa shape index (κ3) is 5.64. The van der Waals surface area contributed by atoms with Crippen LogP contribution in [0.2, 0.25) is 0 Å². The molecule has 1 N–H and O–H groups in total. The van der Waals surface area contributed by atoms with Crippen LogP contribution in [-0.2, 0) is 11.2 Å². The number of ether oxygens (including phenoxy) is 1. The van der Waals surface area contributed by atoms with Crippen LogP contribution in [0.5, 0.6) is 0 Å². The van der Waals surface area contributed by atoms with Gasteiger partial charge in [-0.1, -0.05) is 31.2 Å². The van der Waals surface area contributed by atoms with E-state index in [9.17, 15) is 0 Å². The van der Waals surface area contributed by atoms with Crippen molar-refractivity contribution in [2.75, 3.05) is 26.3 Å². The summed E-state index contributed by atoms with van der Waals surface area (Å²) in [4.78, 5) is 0. The SMILES string of the molecule is CCCNCC(COCC1CC1)Cc1ccccc1C. The molecule has 0 aliphatic heterocycles. The predicted octanol–water partition coefficient (Wildman–Crippen LogP) is 3.58. The van der Waals surface area contributed by atoms with Gasteiger partial charge in [-0.05, 0) is 62.1 Å². The first-order chi connectivity index (χ1) is 9.79. The summed E-state index contributed by atoms with van der Waals surface area (Å²) < 4.78 is 5.92. The molecule has 2 rings (SSSR count). The van der Waals surface area contributed by atoms with Gasteiger partial charge in [-0.15, -0.1) is 0 Å². The number of nitrogens with one attached hydrogen (secondary N) is 1. The highest BCUT2D eigenvalue weighted by molar-refractivity contribution is 5.25. The number of rotatable bonds is 10. The number of hydrogen-bond acceptors (Lipinski definition) is 2. The van der Waals surface area contributed by atoms with E-state index < -0.39 is 0 Å².